The van der Waals surface area contributed by atoms with Crippen LogP contribution in [0.2, 0.25) is 0 Å². The third-order valence-corrected chi connectivity index (χ3v) is 3.61. The van der Waals surface area contributed by atoms with Crippen molar-refractivity contribution in [2.45, 2.75) is 6.92 Å². The Morgan fingerprint density at radius 2 is 1.23 bits per heavy atom. The van der Waals surface area contributed by atoms with Crippen LogP contribution in [-0.2, 0) is 4.79 Å². The van der Waals surface area contributed by atoms with E-state index in [-0.39, 0.29) is 11.5 Å². The SMILES string of the molecule is COc1cc(C=O)cc(-c2cc(C=O)cc(OC)c2OC(C)=O)c1OC. The Balaban J connectivity index is 2.91. The second-order valence-electron chi connectivity index (χ2n) is 5.23. The Hall–Kier alpha value is -3.35. The van der Waals surface area contributed by atoms with Crippen molar-refractivity contribution < 1.29 is 33.3 Å². The summed E-state index contributed by atoms with van der Waals surface area (Å²) in [6.07, 6.45) is 1.29. The average molecular weight is 358 g/mol. The van der Waals surface area contributed by atoms with Gasteiger partial charge in [-0.2, -0.15) is 0 Å². The molecule has 0 saturated heterocycles. The van der Waals surface area contributed by atoms with E-state index in [1.54, 1.807) is 6.07 Å². The summed E-state index contributed by atoms with van der Waals surface area (Å²) in [4.78, 5) is 34.2. The van der Waals surface area contributed by atoms with Crippen molar-refractivity contribution in [2.24, 2.45) is 0 Å². The van der Waals surface area contributed by atoms with Crippen LogP contribution in [0.15, 0.2) is 24.3 Å². The number of carbonyl (C=O) groups is 3. The van der Waals surface area contributed by atoms with E-state index in [1.165, 1.54) is 46.5 Å². The minimum absolute atomic E-state index is 0.106. The van der Waals surface area contributed by atoms with Gasteiger partial charge in [0.1, 0.15) is 12.6 Å². The number of carbonyl (C=O) groups excluding carboxylic acids is 3. The van der Waals surface area contributed by atoms with E-state index >= 15 is 0 Å². The van der Waals surface area contributed by atoms with E-state index in [9.17, 15) is 14.4 Å². The van der Waals surface area contributed by atoms with Crippen LogP contribution in [0.3, 0.4) is 0 Å². The van der Waals surface area contributed by atoms with Gasteiger partial charge in [-0.3, -0.25) is 14.4 Å². The maximum absolute atomic E-state index is 11.6. The standard InChI is InChI=1S/C19H18O7/c1-11(22)26-19-15(6-13(10-21)8-17(19)24-3)14-5-12(9-20)7-16(23-2)18(14)25-4/h5-10H,1-4H3. The highest BCUT2D eigenvalue weighted by atomic mass is 16.6. The molecule has 0 N–H and O–H groups in total. The molecule has 2 aromatic rings. The zero-order valence-electron chi connectivity index (χ0n) is 14.8. The van der Waals surface area contributed by atoms with Gasteiger partial charge in [0.15, 0.2) is 23.0 Å². The summed E-state index contributed by atoms with van der Waals surface area (Å²) in [6, 6.07) is 6.02. The fraction of sp³-hybridized carbons (Fsp3) is 0.211. The van der Waals surface area contributed by atoms with Crippen LogP contribution in [0, 0.1) is 0 Å². The lowest BCUT2D eigenvalue weighted by molar-refractivity contribution is -0.131. The molecule has 0 saturated carbocycles. The molecule has 0 fully saturated rings. The van der Waals surface area contributed by atoms with Gasteiger partial charge in [0.05, 0.1) is 21.3 Å². The predicted molar refractivity (Wildman–Crippen MR) is 93.6 cm³/mol. The van der Waals surface area contributed by atoms with Gasteiger partial charge in [0, 0.05) is 29.2 Å². The first-order valence-corrected chi connectivity index (χ1v) is 7.56. The van der Waals surface area contributed by atoms with E-state index in [4.69, 9.17) is 18.9 Å². The fourth-order valence-corrected chi connectivity index (χ4v) is 2.55. The molecule has 7 nitrogen and oxygen atoms in total. The number of hydrogen-bond acceptors (Lipinski definition) is 7. The second kappa shape index (κ2) is 8.15. The Morgan fingerprint density at radius 1 is 0.769 bits per heavy atom. The maximum Gasteiger partial charge on any atom is 0.308 e. The van der Waals surface area contributed by atoms with Crippen molar-refractivity contribution in [3.63, 3.8) is 0 Å². The van der Waals surface area contributed by atoms with Gasteiger partial charge in [-0.1, -0.05) is 0 Å². The Bertz CT molecular complexity index is 855. The van der Waals surface area contributed by atoms with Gasteiger partial charge >= 0.3 is 5.97 Å². The number of hydrogen-bond donors (Lipinski definition) is 0. The fourth-order valence-electron chi connectivity index (χ4n) is 2.55. The van der Waals surface area contributed by atoms with Gasteiger partial charge < -0.3 is 18.9 Å². The van der Waals surface area contributed by atoms with Crippen molar-refractivity contribution in [2.75, 3.05) is 21.3 Å². The van der Waals surface area contributed by atoms with E-state index in [0.717, 1.165) is 0 Å². The molecule has 0 spiro atoms. The molecule has 0 atom stereocenters. The quantitative estimate of drug-likeness (QED) is 0.427. The van der Waals surface area contributed by atoms with Gasteiger partial charge in [-0.15, -0.1) is 0 Å². The molecule has 0 aliphatic heterocycles. The van der Waals surface area contributed by atoms with Gasteiger partial charge in [-0.25, -0.2) is 0 Å². The first-order valence-electron chi connectivity index (χ1n) is 7.56. The average Bonchev–Trinajstić information content (AvgIpc) is 2.66. The van der Waals surface area contributed by atoms with Gasteiger partial charge in [0.25, 0.3) is 0 Å². The summed E-state index contributed by atoms with van der Waals surface area (Å²) in [7, 11) is 4.26. The number of methoxy groups -OCH3 is 3. The normalized spacial score (nSPS) is 10.0. The number of benzene rings is 2. The largest absolute Gasteiger partial charge is 0.493 e. The maximum atomic E-state index is 11.6. The summed E-state index contributed by atoms with van der Waals surface area (Å²) in [6.45, 7) is 1.25. The molecule has 2 aromatic carbocycles. The van der Waals surface area contributed by atoms with Crippen LogP contribution in [-0.4, -0.2) is 39.9 Å². The lowest BCUT2D eigenvalue weighted by Gasteiger charge is -2.18. The highest BCUT2D eigenvalue weighted by Crippen LogP contribution is 2.46. The monoisotopic (exact) mass is 358 g/mol. The molecule has 0 amide bonds. The van der Waals surface area contributed by atoms with E-state index in [2.05, 4.69) is 0 Å². The highest BCUT2D eigenvalue weighted by molar-refractivity contribution is 5.91. The third kappa shape index (κ3) is 3.66. The number of ether oxygens (including phenoxy) is 4. The first-order chi connectivity index (χ1) is 12.5. The molecular weight excluding hydrogens is 340 g/mol. The van der Waals surface area contributed by atoms with Crippen LogP contribution in [0.4, 0.5) is 0 Å². The number of rotatable bonds is 7. The number of aldehydes is 2. The minimum atomic E-state index is -0.569. The van der Waals surface area contributed by atoms with Crippen LogP contribution >= 0.6 is 0 Å². The highest BCUT2D eigenvalue weighted by Gasteiger charge is 2.22. The molecule has 0 aliphatic rings. The topological polar surface area (TPSA) is 88.1 Å². The lowest BCUT2D eigenvalue weighted by Crippen LogP contribution is -2.06. The first kappa shape index (κ1) is 19.0. The molecule has 0 heterocycles. The Morgan fingerprint density at radius 3 is 1.62 bits per heavy atom. The molecule has 26 heavy (non-hydrogen) atoms. The van der Waals surface area contributed by atoms with Crippen LogP contribution in [0.5, 0.6) is 23.0 Å². The smallest absolute Gasteiger partial charge is 0.308 e. The summed E-state index contributed by atoms with van der Waals surface area (Å²) in [5.41, 5.74) is 1.37. The molecule has 136 valence electrons. The Labute approximate surface area is 150 Å². The van der Waals surface area contributed by atoms with Gasteiger partial charge in [0.2, 0.25) is 0 Å². The molecular formula is C19H18O7. The molecule has 0 unspecified atom stereocenters. The zero-order chi connectivity index (χ0) is 19.3. The van der Waals surface area contributed by atoms with Crippen molar-refractivity contribution in [3.05, 3.63) is 35.4 Å². The van der Waals surface area contributed by atoms with E-state index < -0.39 is 5.97 Å². The van der Waals surface area contributed by atoms with Crippen LogP contribution in [0.1, 0.15) is 27.6 Å². The van der Waals surface area contributed by atoms with E-state index in [1.807, 2.05) is 0 Å². The second-order valence-corrected chi connectivity index (χ2v) is 5.23. The Kier molecular flexibility index (Phi) is 5.95. The van der Waals surface area contributed by atoms with Crippen molar-refractivity contribution in [1.29, 1.82) is 0 Å². The summed E-state index contributed by atoms with van der Waals surface area (Å²) >= 11 is 0. The number of esters is 1. The van der Waals surface area contributed by atoms with Crippen LogP contribution in [0.25, 0.3) is 11.1 Å². The molecule has 0 aromatic heterocycles. The third-order valence-electron chi connectivity index (χ3n) is 3.61. The molecule has 2 rings (SSSR count). The molecule has 0 radical (unpaired) electrons. The van der Waals surface area contributed by atoms with Gasteiger partial charge in [-0.05, 0) is 24.3 Å². The summed E-state index contributed by atoms with van der Waals surface area (Å²) < 4.78 is 21.3. The van der Waals surface area contributed by atoms with Crippen molar-refractivity contribution in [1.82, 2.24) is 0 Å². The molecule has 7 heteroatoms. The minimum Gasteiger partial charge on any atom is -0.493 e. The summed E-state index contributed by atoms with van der Waals surface area (Å²) in [5.74, 6) is 0.361. The predicted octanol–water partition coefficient (Wildman–Crippen LogP) is 2.93. The molecule has 0 aliphatic carbocycles. The molecule has 0 bridgehead atoms. The van der Waals surface area contributed by atoms with Crippen molar-refractivity contribution in [3.8, 4) is 34.1 Å². The zero-order valence-corrected chi connectivity index (χ0v) is 14.8. The van der Waals surface area contributed by atoms with E-state index in [0.29, 0.717) is 46.3 Å². The summed E-state index contributed by atoms with van der Waals surface area (Å²) in [5, 5.41) is 0. The van der Waals surface area contributed by atoms with Crippen LogP contribution < -0.4 is 18.9 Å². The lowest BCUT2D eigenvalue weighted by atomic mass is 9.98. The van der Waals surface area contributed by atoms with Crippen molar-refractivity contribution >= 4 is 18.5 Å².